The molecule has 0 spiro atoms. The minimum absolute atomic E-state index is 0.0503. The van der Waals surface area contributed by atoms with E-state index in [0.717, 1.165) is 11.3 Å². The summed E-state index contributed by atoms with van der Waals surface area (Å²) in [7, 11) is 0. The van der Waals surface area contributed by atoms with Gasteiger partial charge in [0.2, 0.25) is 23.6 Å². The SMILES string of the molecule is CC(C)[C@H](NC(=O)[C@@H](N)CCCCNC(=O)CCOCCOCCOCCOCCOCCOCCOCCOCCOCCOCCOCCOCCNC(=O)CCC(=O)O)C(=O)NCC(=O)[C@@H](CCCNC(N)=O)CNc1ccc(CO)cc1. The molecule has 496 valence electrons. The zero-order valence-electron chi connectivity index (χ0n) is 50.8. The van der Waals surface area contributed by atoms with Gasteiger partial charge in [0.15, 0.2) is 5.78 Å². The Kier molecular flexibility index (Phi) is 51.5. The molecular formula is C57H102N8O21. The number of nitrogens with two attached hydrogens (primary N) is 2. The molecule has 0 bridgehead atoms. The third kappa shape index (κ3) is 48.8. The summed E-state index contributed by atoms with van der Waals surface area (Å²) in [6.07, 6.45) is 2.31. The molecule has 1 aromatic carbocycles. The van der Waals surface area contributed by atoms with Crippen LogP contribution in [0.5, 0.6) is 0 Å². The summed E-state index contributed by atoms with van der Waals surface area (Å²) in [5, 5.41) is 34.4. The van der Waals surface area contributed by atoms with Gasteiger partial charge in [0, 0.05) is 50.6 Å². The van der Waals surface area contributed by atoms with Crippen molar-refractivity contribution in [3.8, 4) is 0 Å². The van der Waals surface area contributed by atoms with Crippen molar-refractivity contribution in [1.82, 2.24) is 26.6 Å². The fourth-order valence-electron chi connectivity index (χ4n) is 7.32. The van der Waals surface area contributed by atoms with Crippen LogP contribution in [0.2, 0.25) is 0 Å². The van der Waals surface area contributed by atoms with E-state index in [1.165, 1.54) is 0 Å². The molecule has 0 saturated heterocycles. The predicted octanol–water partition coefficient (Wildman–Crippen LogP) is -0.334. The number of rotatable bonds is 62. The van der Waals surface area contributed by atoms with E-state index >= 15 is 0 Å². The maximum Gasteiger partial charge on any atom is 0.312 e. The molecule has 29 heteroatoms. The maximum absolute atomic E-state index is 13.3. The molecule has 3 atom stereocenters. The van der Waals surface area contributed by atoms with Crippen LogP contribution in [0.1, 0.15) is 70.8 Å². The van der Waals surface area contributed by atoms with Crippen LogP contribution >= 0.6 is 0 Å². The first-order chi connectivity index (χ1) is 41.7. The zero-order valence-corrected chi connectivity index (χ0v) is 50.8. The second-order valence-corrected chi connectivity index (χ2v) is 19.6. The van der Waals surface area contributed by atoms with Gasteiger partial charge < -0.3 is 110 Å². The van der Waals surface area contributed by atoms with Crippen molar-refractivity contribution in [2.45, 2.75) is 83.9 Å². The van der Waals surface area contributed by atoms with Crippen LogP contribution in [-0.2, 0) is 92.2 Å². The third-order valence-corrected chi connectivity index (χ3v) is 12.2. The molecule has 0 aliphatic carbocycles. The Morgan fingerprint density at radius 1 is 0.477 bits per heavy atom. The number of carbonyl (C=O) groups excluding carboxylic acids is 6. The number of anilines is 1. The molecule has 12 N–H and O–H groups in total. The summed E-state index contributed by atoms with van der Waals surface area (Å²) in [4.78, 5) is 84.8. The zero-order chi connectivity index (χ0) is 62.9. The molecule has 1 aromatic rings. The van der Waals surface area contributed by atoms with Crippen molar-refractivity contribution in [2.75, 3.05) is 197 Å². The number of aliphatic hydroxyl groups excluding tert-OH is 1. The highest BCUT2D eigenvalue weighted by molar-refractivity contribution is 5.93. The van der Waals surface area contributed by atoms with Crippen LogP contribution < -0.4 is 43.4 Å². The Bertz CT molecular complexity index is 1900. The third-order valence-electron chi connectivity index (χ3n) is 12.2. The summed E-state index contributed by atoms with van der Waals surface area (Å²) >= 11 is 0. The van der Waals surface area contributed by atoms with Crippen LogP contribution in [0, 0.1) is 11.8 Å². The number of carboxylic acids is 1. The molecule has 29 nitrogen and oxygen atoms in total. The summed E-state index contributed by atoms with van der Waals surface area (Å²) in [6.45, 7) is 14.2. The molecular weight excluding hydrogens is 1130 g/mol. The number of aliphatic hydroxyl groups is 1. The van der Waals surface area contributed by atoms with Crippen molar-refractivity contribution >= 4 is 47.1 Å². The largest absolute Gasteiger partial charge is 0.481 e. The standard InChI is InChI=1S/C57H102N8O21/c1-45(2)54(56(73)64-43-50(67)47(6-5-16-62-57(59)74)42-63-48-10-8-46(44-66)9-11-48)65-55(72)49(58)7-3-4-15-60-52(69)14-18-75-20-22-77-24-26-79-28-30-81-32-34-83-36-38-85-40-41-86-39-37-84-35-33-82-31-29-80-27-25-78-23-21-76-19-17-61-51(68)12-13-53(70)71/h8-11,45,47,49,54,63,66H,3-7,12-44,58H2,1-2H3,(H,60,69)(H,61,68)(H,64,73)(H,65,72)(H,70,71)(H3,59,62,74)/t47-,49-,54-/m0/s1. The first kappa shape index (κ1) is 78.8. The Labute approximate surface area is 506 Å². The van der Waals surface area contributed by atoms with Crippen molar-refractivity contribution in [2.24, 2.45) is 23.3 Å². The number of hydrogen-bond acceptors (Lipinski definition) is 22. The first-order valence-corrected chi connectivity index (χ1v) is 29.7. The second kappa shape index (κ2) is 56.3. The van der Waals surface area contributed by atoms with Crippen molar-refractivity contribution in [1.29, 1.82) is 0 Å². The molecule has 0 aliphatic rings. The van der Waals surface area contributed by atoms with Crippen LogP contribution in [0.3, 0.4) is 0 Å². The number of nitrogens with one attached hydrogen (secondary N) is 6. The van der Waals surface area contributed by atoms with E-state index in [1.54, 1.807) is 38.1 Å². The Morgan fingerprint density at radius 2 is 0.895 bits per heavy atom. The van der Waals surface area contributed by atoms with E-state index in [0.29, 0.717) is 197 Å². The number of benzene rings is 1. The van der Waals surface area contributed by atoms with Gasteiger partial charge in [-0.15, -0.1) is 0 Å². The quantitative estimate of drug-likeness (QED) is 0.0373. The number of ketones is 1. The van der Waals surface area contributed by atoms with Crippen LogP contribution in [0.25, 0.3) is 0 Å². The van der Waals surface area contributed by atoms with Crippen LogP contribution in [0.15, 0.2) is 24.3 Å². The minimum atomic E-state index is -1.01. The van der Waals surface area contributed by atoms with Gasteiger partial charge in [-0.3, -0.25) is 28.8 Å². The number of Topliss-reactive ketones (excluding diaryl/α,β-unsaturated/α-hetero) is 1. The second-order valence-electron chi connectivity index (χ2n) is 19.6. The molecule has 0 radical (unpaired) electrons. The molecule has 0 aliphatic heterocycles. The van der Waals surface area contributed by atoms with Gasteiger partial charge >= 0.3 is 12.0 Å². The lowest BCUT2D eigenvalue weighted by Gasteiger charge is -2.24. The lowest BCUT2D eigenvalue weighted by Crippen LogP contribution is -2.54. The summed E-state index contributed by atoms with van der Waals surface area (Å²) in [5.74, 6) is -3.55. The molecule has 0 heterocycles. The van der Waals surface area contributed by atoms with Crippen LogP contribution in [0.4, 0.5) is 10.5 Å². The van der Waals surface area contributed by atoms with Gasteiger partial charge in [-0.1, -0.05) is 26.0 Å². The lowest BCUT2D eigenvalue weighted by atomic mass is 9.97. The molecule has 0 saturated carbocycles. The van der Waals surface area contributed by atoms with E-state index in [2.05, 4.69) is 31.9 Å². The van der Waals surface area contributed by atoms with Crippen molar-refractivity contribution < 1.29 is 101 Å². The number of amides is 6. The van der Waals surface area contributed by atoms with E-state index < -0.39 is 41.8 Å². The molecule has 0 fully saturated rings. The fourth-order valence-corrected chi connectivity index (χ4v) is 7.32. The smallest absolute Gasteiger partial charge is 0.312 e. The molecule has 1 rings (SSSR count). The van der Waals surface area contributed by atoms with Crippen molar-refractivity contribution in [3.63, 3.8) is 0 Å². The van der Waals surface area contributed by atoms with Gasteiger partial charge in [0.05, 0.1) is 184 Å². The van der Waals surface area contributed by atoms with E-state index in [9.17, 15) is 38.7 Å². The number of hydrogen-bond donors (Lipinski definition) is 10. The van der Waals surface area contributed by atoms with E-state index in [-0.39, 0.29) is 75.6 Å². The van der Waals surface area contributed by atoms with Gasteiger partial charge in [0.25, 0.3) is 0 Å². The van der Waals surface area contributed by atoms with Gasteiger partial charge in [-0.05, 0) is 55.7 Å². The average molecular weight is 1240 g/mol. The Morgan fingerprint density at radius 3 is 1.33 bits per heavy atom. The summed E-state index contributed by atoms with van der Waals surface area (Å²) < 4.78 is 65.7. The Balaban J connectivity index is 1.91. The fraction of sp³-hybridized carbons (Fsp3) is 0.772. The number of primary amides is 1. The number of carbonyl (C=O) groups is 7. The average Bonchev–Trinajstić information content (AvgIpc) is 3.70. The van der Waals surface area contributed by atoms with Gasteiger partial charge in [0.1, 0.15) is 6.04 Å². The molecule has 86 heavy (non-hydrogen) atoms. The van der Waals surface area contributed by atoms with Gasteiger partial charge in [-0.25, -0.2) is 4.79 Å². The lowest BCUT2D eigenvalue weighted by molar-refractivity contribution is -0.138. The number of urea groups is 1. The molecule has 0 unspecified atom stereocenters. The highest BCUT2D eigenvalue weighted by Gasteiger charge is 2.28. The highest BCUT2D eigenvalue weighted by Crippen LogP contribution is 2.14. The first-order valence-electron chi connectivity index (χ1n) is 29.7. The topological polar surface area (TPSA) is 395 Å². The van der Waals surface area contributed by atoms with Crippen molar-refractivity contribution in [3.05, 3.63) is 29.8 Å². The summed E-state index contributed by atoms with van der Waals surface area (Å²) in [6, 6.07) is 4.64. The number of unbranched alkanes of at least 4 members (excludes halogenated alkanes) is 1. The normalized spacial score (nSPS) is 12.3. The summed E-state index contributed by atoms with van der Waals surface area (Å²) in [5.41, 5.74) is 12.8. The van der Waals surface area contributed by atoms with E-state index in [1.807, 2.05) is 0 Å². The molecule has 0 aromatic heterocycles. The highest BCUT2D eigenvalue weighted by atomic mass is 16.6. The van der Waals surface area contributed by atoms with Crippen LogP contribution in [-0.4, -0.2) is 255 Å². The predicted molar refractivity (Wildman–Crippen MR) is 315 cm³/mol. The maximum atomic E-state index is 13.3. The molecule has 6 amide bonds. The number of carboxylic acid groups (broad SMARTS) is 1. The minimum Gasteiger partial charge on any atom is -0.481 e. The van der Waals surface area contributed by atoms with Gasteiger partial charge in [-0.2, -0.15) is 0 Å². The van der Waals surface area contributed by atoms with E-state index in [4.69, 9.17) is 73.4 Å². The Hall–Kier alpha value is -5.25. The number of aliphatic carboxylic acids is 1. The number of ether oxygens (including phenoxy) is 12. The monoisotopic (exact) mass is 1230 g/mol.